The molecule has 0 bridgehead atoms. The van der Waals surface area contributed by atoms with Crippen LogP contribution in [0.25, 0.3) is 0 Å². The van der Waals surface area contributed by atoms with Crippen molar-refractivity contribution in [1.29, 1.82) is 0 Å². The largest absolute Gasteiger partial charge is 0.481 e. The maximum atomic E-state index is 12.3. The number of carboxylic acids is 1. The van der Waals surface area contributed by atoms with Crippen LogP contribution in [-0.4, -0.2) is 23.3 Å². The summed E-state index contributed by atoms with van der Waals surface area (Å²) in [5.74, 6) is -3.29. The first-order valence-corrected chi connectivity index (χ1v) is 4.31. The van der Waals surface area contributed by atoms with Gasteiger partial charge in [0.2, 0.25) is 0 Å². The summed E-state index contributed by atoms with van der Waals surface area (Å²) in [6, 6.07) is -0.596. The molecular formula is C8H14F3NO2. The Labute approximate surface area is 80.1 Å². The van der Waals surface area contributed by atoms with Crippen molar-refractivity contribution in [2.45, 2.75) is 38.4 Å². The Morgan fingerprint density at radius 2 is 2.00 bits per heavy atom. The van der Waals surface area contributed by atoms with E-state index in [0.29, 0.717) is 6.42 Å². The van der Waals surface area contributed by atoms with E-state index < -0.39 is 30.5 Å². The average Bonchev–Trinajstić information content (AvgIpc) is 2.00. The van der Waals surface area contributed by atoms with Crippen LogP contribution < -0.4 is 5.73 Å². The summed E-state index contributed by atoms with van der Waals surface area (Å²) in [5, 5.41) is 8.29. The van der Waals surface area contributed by atoms with Crippen molar-refractivity contribution in [3.8, 4) is 0 Å². The van der Waals surface area contributed by atoms with Crippen LogP contribution in [0.15, 0.2) is 0 Å². The molecule has 84 valence electrons. The molecule has 3 nitrogen and oxygen atoms in total. The highest BCUT2D eigenvalue weighted by Gasteiger charge is 2.41. The standard InChI is InChI=1S/C8H14F3NO2/c1-2-6(12)3-5(4-7(13)14)8(9,10)11/h5-6H,2-4,12H2,1H3,(H,13,14)/t5-,6-/m1/s1. The molecule has 6 heteroatoms. The van der Waals surface area contributed by atoms with Crippen LogP contribution in [0.5, 0.6) is 0 Å². The molecule has 14 heavy (non-hydrogen) atoms. The normalized spacial score (nSPS) is 16.4. The van der Waals surface area contributed by atoms with Crippen LogP contribution in [0.3, 0.4) is 0 Å². The number of carbonyl (C=O) groups is 1. The van der Waals surface area contributed by atoms with E-state index in [1.807, 2.05) is 0 Å². The number of halogens is 3. The lowest BCUT2D eigenvalue weighted by Gasteiger charge is -2.21. The van der Waals surface area contributed by atoms with Crippen molar-refractivity contribution in [2.75, 3.05) is 0 Å². The lowest BCUT2D eigenvalue weighted by Crippen LogP contribution is -2.32. The highest BCUT2D eigenvalue weighted by molar-refractivity contribution is 5.67. The number of nitrogens with two attached hydrogens (primary N) is 1. The summed E-state index contributed by atoms with van der Waals surface area (Å²) < 4.78 is 36.8. The number of hydrogen-bond donors (Lipinski definition) is 2. The van der Waals surface area contributed by atoms with Gasteiger partial charge in [-0.05, 0) is 12.8 Å². The van der Waals surface area contributed by atoms with Gasteiger partial charge in [0.25, 0.3) is 0 Å². The maximum Gasteiger partial charge on any atom is 0.392 e. The zero-order valence-corrected chi connectivity index (χ0v) is 7.84. The van der Waals surface area contributed by atoms with Crippen LogP contribution in [0.4, 0.5) is 13.2 Å². The Morgan fingerprint density at radius 3 is 2.29 bits per heavy atom. The predicted molar refractivity (Wildman–Crippen MR) is 44.7 cm³/mol. The van der Waals surface area contributed by atoms with Gasteiger partial charge in [0.1, 0.15) is 0 Å². The Balaban J connectivity index is 4.33. The van der Waals surface area contributed by atoms with Gasteiger partial charge >= 0.3 is 12.1 Å². The van der Waals surface area contributed by atoms with E-state index in [2.05, 4.69) is 0 Å². The molecule has 0 heterocycles. The van der Waals surface area contributed by atoms with E-state index in [0.717, 1.165) is 0 Å². The molecule has 0 aromatic heterocycles. The van der Waals surface area contributed by atoms with Crippen LogP contribution in [0, 0.1) is 5.92 Å². The second-order valence-corrected chi connectivity index (χ2v) is 3.24. The van der Waals surface area contributed by atoms with Gasteiger partial charge in [-0.15, -0.1) is 0 Å². The molecule has 0 rings (SSSR count). The molecule has 0 saturated heterocycles. The molecule has 0 aliphatic heterocycles. The summed E-state index contributed by atoms with van der Waals surface area (Å²) >= 11 is 0. The maximum absolute atomic E-state index is 12.3. The Bertz CT molecular complexity index is 194. The monoisotopic (exact) mass is 213 g/mol. The lowest BCUT2D eigenvalue weighted by molar-refractivity contribution is -0.185. The van der Waals surface area contributed by atoms with Gasteiger partial charge in [0.15, 0.2) is 0 Å². The number of aliphatic carboxylic acids is 1. The molecule has 0 aromatic carbocycles. The van der Waals surface area contributed by atoms with Gasteiger partial charge in [-0.1, -0.05) is 6.92 Å². The molecule has 3 N–H and O–H groups in total. The SMILES string of the molecule is CC[C@@H](N)C[C@H](CC(=O)O)C(F)(F)F. The smallest absolute Gasteiger partial charge is 0.392 e. The van der Waals surface area contributed by atoms with E-state index >= 15 is 0 Å². The second-order valence-electron chi connectivity index (χ2n) is 3.24. The molecule has 0 aliphatic carbocycles. The summed E-state index contributed by atoms with van der Waals surface area (Å²) in [6.07, 6.45) is -5.30. The first-order chi connectivity index (χ1) is 6.27. The van der Waals surface area contributed by atoms with E-state index in [4.69, 9.17) is 10.8 Å². The molecular weight excluding hydrogens is 199 g/mol. The van der Waals surface area contributed by atoms with Crippen LogP contribution in [0.1, 0.15) is 26.2 Å². The minimum Gasteiger partial charge on any atom is -0.481 e. The highest BCUT2D eigenvalue weighted by atomic mass is 19.4. The van der Waals surface area contributed by atoms with Crippen molar-refractivity contribution in [3.05, 3.63) is 0 Å². The van der Waals surface area contributed by atoms with Crippen molar-refractivity contribution in [2.24, 2.45) is 11.7 Å². The van der Waals surface area contributed by atoms with Crippen molar-refractivity contribution in [1.82, 2.24) is 0 Å². The molecule has 0 radical (unpaired) electrons. The first-order valence-electron chi connectivity index (χ1n) is 4.31. The number of carboxylic acid groups (broad SMARTS) is 1. The summed E-state index contributed by atoms with van der Waals surface area (Å²) in [7, 11) is 0. The van der Waals surface area contributed by atoms with Crippen molar-refractivity contribution < 1.29 is 23.1 Å². The van der Waals surface area contributed by atoms with Gasteiger partial charge in [0, 0.05) is 6.04 Å². The van der Waals surface area contributed by atoms with E-state index in [1.54, 1.807) is 6.92 Å². The lowest BCUT2D eigenvalue weighted by atomic mass is 9.95. The third-order valence-electron chi connectivity index (χ3n) is 2.00. The minimum atomic E-state index is -4.48. The topological polar surface area (TPSA) is 63.3 Å². The number of alkyl halides is 3. The molecule has 2 atom stereocenters. The van der Waals surface area contributed by atoms with Crippen molar-refractivity contribution in [3.63, 3.8) is 0 Å². The number of rotatable bonds is 5. The van der Waals surface area contributed by atoms with E-state index in [1.165, 1.54) is 0 Å². The summed E-state index contributed by atoms with van der Waals surface area (Å²) in [6.45, 7) is 1.67. The van der Waals surface area contributed by atoms with Crippen LogP contribution in [0.2, 0.25) is 0 Å². The summed E-state index contributed by atoms with van der Waals surface area (Å²) in [5.41, 5.74) is 5.35. The highest BCUT2D eigenvalue weighted by Crippen LogP contribution is 2.32. The minimum absolute atomic E-state index is 0.327. The number of hydrogen-bond acceptors (Lipinski definition) is 2. The summed E-state index contributed by atoms with van der Waals surface area (Å²) in [4.78, 5) is 10.2. The quantitative estimate of drug-likeness (QED) is 0.731. The van der Waals surface area contributed by atoms with Gasteiger partial charge in [0.05, 0.1) is 12.3 Å². The molecule has 0 saturated carbocycles. The average molecular weight is 213 g/mol. The third kappa shape index (κ3) is 5.06. The Kier molecular flexibility index (Phi) is 4.90. The zero-order valence-electron chi connectivity index (χ0n) is 7.84. The van der Waals surface area contributed by atoms with Gasteiger partial charge in [-0.3, -0.25) is 4.79 Å². The van der Waals surface area contributed by atoms with E-state index in [9.17, 15) is 18.0 Å². The third-order valence-corrected chi connectivity index (χ3v) is 2.00. The molecule has 0 fully saturated rings. The molecule has 0 unspecified atom stereocenters. The van der Waals surface area contributed by atoms with Crippen LogP contribution >= 0.6 is 0 Å². The predicted octanol–water partition coefficient (Wildman–Crippen LogP) is 1.77. The van der Waals surface area contributed by atoms with E-state index in [-0.39, 0.29) is 6.42 Å². The second kappa shape index (κ2) is 5.19. The first kappa shape index (κ1) is 13.2. The van der Waals surface area contributed by atoms with Gasteiger partial charge in [-0.25, -0.2) is 0 Å². The molecule has 0 amide bonds. The fraction of sp³-hybridized carbons (Fsp3) is 0.875. The molecule has 0 aromatic rings. The molecule has 0 spiro atoms. The Morgan fingerprint density at radius 1 is 1.50 bits per heavy atom. The van der Waals surface area contributed by atoms with Gasteiger partial charge < -0.3 is 10.8 Å². The van der Waals surface area contributed by atoms with Gasteiger partial charge in [-0.2, -0.15) is 13.2 Å². The zero-order chi connectivity index (χ0) is 11.4. The Hall–Kier alpha value is -0.780. The fourth-order valence-corrected chi connectivity index (χ4v) is 1.08. The fourth-order valence-electron chi connectivity index (χ4n) is 1.08. The van der Waals surface area contributed by atoms with Crippen molar-refractivity contribution >= 4 is 5.97 Å². The molecule has 0 aliphatic rings. The van der Waals surface area contributed by atoms with Crippen LogP contribution in [-0.2, 0) is 4.79 Å².